The highest BCUT2D eigenvalue weighted by molar-refractivity contribution is 5.73. The van der Waals surface area contributed by atoms with Crippen LogP contribution in [0.25, 0.3) is 0 Å². The first-order valence-electron chi connectivity index (χ1n) is 6.82. The molecule has 1 aromatic rings. The van der Waals surface area contributed by atoms with Gasteiger partial charge in [0.15, 0.2) is 0 Å². The molecule has 4 nitrogen and oxygen atoms in total. The van der Waals surface area contributed by atoms with Crippen LogP contribution < -0.4 is 15.1 Å². The lowest BCUT2D eigenvalue weighted by Crippen LogP contribution is -2.47. The van der Waals surface area contributed by atoms with Crippen molar-refractivity contribution in [3.8, 4) is 6.07 Å². The number of nitrogens with zero attached hydrogens (tertiary/aromatic N) is 3. The first-order valence-corrected chi connectivity index (χ1v) is 6.82. The molecule has 0 spiro atoms. The summed E-state index contributed by atoms with van der Waals surface area (Å²) in [6.07, 6.45) is 0. The highest BCUT2D eigenvalue weighted by Crippen LogP contribution is 2.31. The number of rotatable bonds is 4. The Morgan fingerprint density at radius 2 is 1.95 bits per heavy atom. The fraction of sp³-hybridized carbons (Fsp3) is 0.533. The molecule has 2 rings (SSSR count). The highest BCUT2D eigenvalue weighted by atomic mass is 15.3. The van der Waals surface area contributed by atoms with E-state index in [1.54, 1.807) is 0 Å². The standard InChI is InChI=1S/C15H22N4/c1-12(2)17-13(10-16)11-19-9-8-18(3)14-6-4-5-7-15(14)19/h4-7,12-13,17H,8-9,11H2,1-3H3. The third-order valence-electron chi connectivity index (χ3n) is 3.43. The number of nitriles is 1. The zero-order valence-corrected chi connectivity index (χ0v) is 11.9. The van der Waals surface area contributed by atoms with E-state index >= 15 is 0 Å². The highest BCUT2D eigenvalue weighted by Gasteiger charge is 2.22. The number of para-hydroxylation sites is 2. The average molecular weight is 258 g/mol. The molecule has 4 heteroatoms. The van der Waals surface area contributed by atoms with Gasteiger partial charge in [0, 0.05) is 32.7 Å². The third kappa shape index (κ3) is 3.18. The normalized spacial score (nSPS) is 16.2. The minimum Gasteiger partial charge on any atom is -0.371 e. The van der Waals surface area contributed by atoms with E-state index in [1.807, 2.05) is 0 Å². The fourth-order valence-electron chi connectivity index (χ4n) is 2.51. The minimum atomic E-state index is -0.128. The molecular formula is C15H22N4. The van der Waals surface area contributed by atoms with Crippen LogP contribution in [0.4, 0.5) is 11.4 Å². The summed E-state index contributed by atoms with van der Waals surface area (Å²) >= 11 is 0. The molecule has 1 aliphatic rings. The number of anilines is 2. The number of hydrogen-bond donors (Lipinski definition) is 1. The number of nitrogens with one attached hydrogen (secondary N) is 1. The molecule has 1 N–H and O–H groups in total. The summed E-state index contributed by atoms with van der Waals surface area (Å²) < 4.78 is 0. The maximum atomic E-state index is 9.26. The maximum Gasteiger partial charge on any atom is 0.113 e. The van der Waals surface area contributed by atoms with Gasteiger partial charge in [0.2, 0.25) is 0 Å². The summed E-state index contributed by atoms with van der Waals surface area (Å²) in [5.74, 6) is 0. The van der Waals surface area contributed by atoms with Crippen LogP contribution in [0, 0.1) is 11.3 Å². The van der Waals surface area contributed by atoms with Gasteiger partial charge in [-0.1, -0.05) is 12.1 Å². The van der Waals surface area contributed by atoms with Gasteiger partial charge in [-0.05, 0) is 26.0 Å². The molecule has 1 aromatic carbocycles. The van der Waals surface area contributed by atoms with E-state index in [4.69, 9.17) is 0 Å². The summed E-state index contributed by atoms with van der Waals surface area (Å²) in [6, 6.07) is 10.9. The second kappa shape index (κ2) is 5.94. The van der Waals surface area contributed by atoms with Gasteiger partial charge in [0.05, 0.1) is 17.4 Å². The first kappa shape index (κ1) is 13.7. The van der Waals surface area contributed by atoms with Crippen molar-refractivity contribution in [2.45, 2.75) is 25.9 Å². The molecule has 0 bridgehead atoms. The van der Waals surface area contributed by atoms with Crippen molar-refractivity contribution in [1.82, 2.24) is 5.32 Å². The molecule has 0 saturated heterocycles. The van der Waals surface area contributed by atoms with Gasteiger partial charge in [-0.2, -0.15) is 5.26 Å². The van der Waals surface area contributed by atoms with Crippen LogP contribution >= 0.6 is 0 Å². The predicted molar refractivity (Wildman–Crippen MR) is 79.6 cm³/mol. The van der Waals surface area contributed by atoms with Crippen LogP contribution in [-0.2, 0) is 0 Å². The Kier molecular flexibility index (Phi) is 4.28. The molecule has 1 heterocycles. The van der Waals surface area contributed by atoms with Crippen molar-refractivity contribution in [2.75, 3.05) is 36.5 Å². The zero-order chi connectivity index (χ0) is 13.8. The second-order valence-electron chi connectivity index (χ2n) is 5.36. The van der Waals surface area contributed by atoms with Crippen LogP contribution in [0.3, 0.4) is 0 Å². The zero-order valence-electron chi connectivity index (χ0n) is 11.9. The lowest BCUT2D eigenvalue weighted by molar-refractivity contribution is 0.519. The topological polar surface area (TPSA) is 42.3 Å². The largest absolute Gasteiger partial charge is 0.371 e. The quantitative estimate of drug-likeness (QED) is 0.895. The molecule has 19 heavy (non-hydrogen) atoms. The summed E-state index contributed by atoms with van der Waals surface area (Å²) in [7, 11) is 2.12. The van der Waals surface area contributed by atoms with Crippen LogP contribution in [0.15, 0.2) is 24.3 Å². The Balaban J connectivity index is 2.14. The van der Waals surface area contributed by atoms with Crippen LogP contribution in [0.5, 0.6) is 0 Å². The van der Waals surface area contributed by atoms with Crippen molar-refractivity contribution in [2.24, 2.45) is 0 Å². The van der Waals surface area contributed by atoms with E-state index in [9.17, 15) is 5.26 Å². The number of hydrogen-bond acceptors (Lipinski definition) is 4. The molecular weight excluding hydrogens is 236 g/mol. The molecule has 1 unspecified atom stereocenters. The Morgan fingerprint density at radius 3 is 2.58 bits per heavy atom. The minimum absolute atomic E-state index is 0.128. The van der Waals surface area contributed by atoms with Crippen molar-refractivity contribution in [1.29, 1.82) is 5.26 Å². The third-order valence-corrected chi connectivity index (χ3v) is 3.43. The van der Waals surface area contributed by atoms with Crippen LogP contribution in [0.1, 0.15) is 13.8 Å². The lowest BCUT2D eigenvalue weighted by atomic mass is 10.1. The monoisotopic (exact) mass is 258 g/mol. The van der Waals surface area contributed by atoms with Gasteiger partial charge < -0.3 is 9.80 Å². The molecule has 0 radical (unpaired) electrons. The van der Waals surface area contributed by atoms with Crippen molar-refractivity contribution < 1.29 is 0 Å². The maximum absolute atomic E-state index is 9.26. The molecule has 0 fully saturated rings. The van der Waals surface area contributed by atoms with Crippen LogP contribution in [-0.4, -0.2) is 38.8 Å². The van der Waals surface area contributed by atoms with Gasteiger partial charge in [-0.25, -0.2) is 0 Å². The summed E-state index contributed by atoms with van der Waals surface area (Å²) in [5.41, 5.74) is 2.47. The van der Waals surface area contributed by atoms with E-state index in [0.29, 0.717) is 6.04 Å². The molecule has 0 aliphatic carbocycles. The molecule has 1 atom stereocenters. The molecule has 1 aliphatic heterocycles. The van der Waals surface area contributed by atoms with Crippen LogP contribution in [0.2, 0.25) is 0 Å². The summed E-state index contributed by atoms with van der Waals surface area (Å²) in [4.78, 5) is 4.57. The molecule has 102 valence electrons. The number of likely N-dealkylation sites (N-methyl/N-ethyl adjacent to an activating group) is 1. The van der Waals surface area contributed by atoms with E-state index in [1.165, 1.54) is 11.4 Å². The van der Waals surface area contributed by atoms with E-state index < -0.39 is 0 Å². The van der Waals surface area contributed by atoms with Gasteiger partial charge in [0.1, 0.15) is 6.04 Å². The Morgan fingerprint density at radius 1 is 1.26 bits per heavy atom. The van der Waals surface area contributed by atoms with Gasteiger partial charge in [-0.3, -0.25) is 5.32 Å². The second-order valence-corrected chi connectivity index (χ2v) is 5.36. The molecule has 0 amide bonds. The summed E-state index contributed by atoms with van der Waals surface area (Å²) in [5, 5.41) is 12.6. The smallest absolute Gasteiger partial charge is 0.113 e. The van der Waals surface area contributed by atoms with Crippen molar-refractivity contribution in [3.05, 3.63) is 24.3 Å². The van der Waals surface area contributed by atoms with Gasteiger partial charge >= 0.3 is 0 Å². The Hall–Kier alpha value is -1.73. The predicted octanol–water partition coefficient (Wildman–Crippen LogP) is 1.83. The van der Waals surface area contributed by atoms with Gasteiger partial charge in [0.25, 0.3) is 0 Å². The Bertz CT molecular complexity index is 463. The van der Waals surface area contributed by atoms with E-state index in [-0.39, 0.29) is 6.04 Å². The van der Waals surface area contributed by atoms with Gasteiger partial charge in [-0.15, -0.1) is 0 Å². The Labute approximate surface area is 115 Å². The number of benzene rings is 1. The summed E-state index contributed by atoms with van der Waals surface area (Å²) in [6.45, 7) is 6.84. The van der Waals surface area contributed by atoms with Crippen molar-refractivity contribution in [3.63, 3.8) is 0 Å². The number of fused-ring (bicyclic) bond motifs is 1. The first-order chi connectivity index (χ1) is 9.11. The lowest BCUT2D eigenvalue weighted by Gasteiger charge is -2.38. The molecule has 0 saturated carbocycles. The van der Waals surface area contributed by atoms with E-state index in [2.05, 4.69) is 66.3 Å². The van der Waals surface area contributed by atoms with Crippen molar-refractivity contribution >= 4 is 11.4 Å². The molecule has 0 aromatic heterocycles. The SMILES string of the molecule is CC(C)NC(C#N)CN1CCN(C)c2ccccc21. The average Bonchev–Trinajstić information content (AvgIpc) is 2.41. The fourth-order valence-corrected chi connectivity index (χ4v) is 2.51. The van der Waals surface area contributed by atoms with E-state index in [0.717, 1.165) is 19.6 Å².